The van der Waals surface area contributed by atoms with E-state index in [2.05, 4.69) is 47.9 Å². The van der Waals surface area contributed by atoms with Crippen molar-refractivity contribution in [2.24, 2.45) is 5.73 Å². The van der Waals surface area contributed by atoms with Gasteiger partial charge in [-0.1, -0.05) is 67.4 Å². The third kappa shape index (κ3) is 10.3. The second-order valence-electron chi connectivity index (χ2n) is 9.79. The normalized spacial score (nSPS) is 13.4. The number of nitrogens with two attached hydrogens (primary N) is 1. The first-order chi connectivity index (χ1) is 18.6. The highest BCUT2D eigenvalue weighted by atomic mass is 19.2. The Balaban J connectivity index is 0.000000623. The van der Waals surface area contributed by atoms with E-state index in [-0.39, 0.29) is 17.5 Å². The van der Waals surface area contributed by atoms with E-state index in [1.165, 1.54) is 12.6 Å². The Bertz CT molecular complexity index is 1100. The smallest absolute Gasteiger partial charge is 0.184 e. The molecule has 220 valence electrons. The molecular formula is C31H51F2N5O. The Kier molecular flexibility index (Phi) is 17.1. The van der Waals surface area contributed by atoms with Crippen molar-refractivity contribution in [3.8, 4) is 0 Å². The van der Waals surface area contributed by atoms with Crippen LogP contribution in [0.25, 0.3) is 11.0 Å². The van der Waals surface area contributed by atoms with E-state index in [1.54, 1.807) is 12.3 Å². The van der Waals surface area contributed by atoms with Gasteiger partial charge in [-0.05, 0) is 62.9 Å². The number of aldehydes is 1. The number of benzene rings is 1. The maximum atomic E-state index is 13.9. The highest BCUT2D eigenvalue weighted by Crippen LogP contribution is 2.34. The second kappa shape index (κ2) is 18.4. The van der Waals surface area contributed by atoms with Crippen molar-refractivity contribution in [3.63, 3.8) is 0 Å². The minimum Gasteiger partial charge on any atom is -0.367 e. The van der Waals surface area contributed by atoms with Gasteiger partial charge in [-0.2, -0.15) is 0 Å². The fourth-order valence-corrected chi connectivity index (χ4v) is 4.41. The standard InChI is InChI=1S/C13H14F2N2.C13H20N2O.2C2H6.CH5N/c1-8-16-11-7-6-10(14)12(15)13(11)17(8)9-4-2-3-5-9;1-10(7-9-16)15-12-11(13(2,3)4)6-5-8-14-12;3*1-2/h6-7,9H,2-5H2,1H3;5-6,8-10H,7H2,1-4H3,(H,14,15);2*1-2H3;2H2,1H3. The molecule has 3 N–H and O–H groups in total. The largest absolute Gasteiger partial charge is 0.367 e. The zero-order valence-electron chi connectivity index (χ0n) is 25.7. The molecule has 0 saturated heterocycles. The maximum absolute atomic E-state index is 13.9. The molecule has 4 rings (SSSR count). The summed E-state index contributed by atoms with van der Waals surface area (Å²) in [4.78, 5) is 19.1. The van der Waals surface area contributed by atoms with Crippen LogP contribution in [0.15, 0.2) is 30.5 Å². The number of aromatic nitrogens is 3. The number of imidazole rings is 1. The molecule has 1 saturated carbocycles. The number of rotatable bonds is 5. The number of hydrogen-bond donors (Lipinski definition) is 2. The van der Waals surface area contributed by atoms with Crippen LogP contribution >= 0.6 is 0 Å². The van der Waals surface area contributed by atoms with Crippen LogP contribution in [0.4, 0.5) is 14.6 Å². The molecule has 1 aliphatic carbocycles. The van der Waals surface area contributed by atoms with Crippen molar-refractivity contribution in [2.75, 3.05) is 12.4 Å². The number of halogens is 2. The fourth-order valence-electron chi connectivity index (χ4n) is 4.41. The van der Waals surface area contributed by atoms with Crippen molar-refractivity contribution >= 4 is 23.1 Å². The van der Waals surface area contributed by atoms with E-state index >= 15 is 0 Å². The molecule has 1 unspecified atom stereocenters. The van der Waals surface area contributed by atoms with Gasteiger partial charge >= 0.3 is 0 Å². The number of nitrogens with one attached hydrogen (secondary N) is 1. The third-order valence-corrected chi connectivity index (χ3v) is 6.06. The summed E-state index contributed by atoms with van der Waals surface area (Å²) in [6, 6.07) is 7.10. The lowest BCUT2D eigenvalue weighted by Crippen LogP contribution is -2.21. The minimum atomic E-state index is -0.795. The molecular weight excluding hydrogens is 496 g/mol. The molecule has 1 aliphatic rings. The average Bonchev–Trinajstić information content (AvgIpc) is 3.57. The molecule has 0 amide bonds. The molecule has 2 heterocycles. The van der Waals surface area contributed by atoms with Crippen molar-refractivity contribution in [1.29, 1.82) is 0 Å². The number of fused-ring (bicyclic) bond motifs is 1. The first-order valence-electron chi connectivity index (χ1n) is 14.2. The molecule has 8 heteroatoms. The molecule has 0 aliphatic heterocycles. The Morgan fingerprint density at radius 3 is 2.23 bits per heavy atom. The van der Waals surface area contributed by atoms with Crippen molar-refractivity contribution in [2.45, 2.75) is 112 Å². The highest BCUT2D eigenvalue weighted by molar-refractivity contribution is 5.77. The van der Waals surface area contributed by atoms with E-state index in [1.807, 2.05) is 52.2 Å². The minimum absolute atomic E-state index is 0.0531. The summed E-state index contributed by atoms with van der Waals surface area (Å²) in [5.74, 6) is 0.0902. The predicted molar refractivity (Wildman–Crippen MR) is 161 cm³/mol. The fraction of sp³-hybridized carbons (Fsp3) is 0.581. The Morgan fingerprint density at radius 2 is 1.69 bits per heavy atom. The van der Waals surface area contributed by atoms with Gasteiger partial charge in [0.05, 0.1) is 5.52 Å². The number of carbonyl (C=O) groups is 1. The lowest BCUT2D eigenvalue weighted by atomic mass is 9.87. The number of nitrogens with zero attached hydrogens (tertiary/aromatic N) is 3. The first kappa shape index (κ1) is 36.1. The molecule has 0 bridgehead atoms. The van der Waals surface area contributed by atoms with Gasteiger partial charge in [-0.3, -0.25) is 0 Å². The Morgan fingerprint density at radius 1 is 1.10 bits per heavy atom. The lowest BCUT2D eigenvalue weighted by Gasteiger charge is -2.23. The molecule has 6 nitrogen and oxygen atoms in total. The quantitative estimate of drug-likeness (QED) is 0.315. The third-order valence-electron chi connectivity index (χ3n) is 6.06. The van der Waals surface area contributed by atoms with Crippen LogP contribution in [0, 0.1) is 18.6 Å². The van der Waals surface area contributed by atoms with E-state index in [4.69, 9.17) is 0 Å². The highest BCUT2D eigenvalue weighted by Gasteiger charge is 2.24. The van der Waals surface area contributed by atoms with Crippen LogP contribution in [-0.4, -0.2) is 33.9 Å². The van der Waals surface area contributed by atoms with Gasteiger partial charge in [-0.15, -0.1) is 0 Å². The van der Waals surface area contributed by atoms with Gasteiger partial charge < -0.3 is 20.4 Å². The summed E-state index contributed by atoms with van der Waals surface area (Å²) in [6.45, 7) is 18.3. The van der Waals surface area contributed by atoms with Crippen LogP contribution < -0.4 is 11.1 Å². The molecule has 39 heavy (non-hydrogen) atoms. The summed E-state index contributed by atoms with van der Waals surface area (Å²) in [6.07, 6.45) is 7.56. The lowest BCUT2D eigenvalue weighted by molar-refractivity contribution is -0.107. The van der Waals surface area contributed by atoms with E-state index in [0.29, 0.717) is 17.5 Å². The summed E-state index contributed by atoms with van der Waals surface area (Å²) in [5, 5.41) is 3.28. The van der Waals surface area contributed by atoms with Crippen molar-refractivity contribution in [1.82, 2.24) is 14.5 Å². The number of anilines is 1. The van der Waals surface area contributed by atoms with Crippen LogP contribution in [-0.2, 0) is 10.2 Å². The van der Waals surface area contributed by atoms with Gasteiger partial charge in [-0.25, -0.2) is 18.7 Å². The number of aryl methyl sites for hydroxylation is 1. The average molecular weight is 548 g/mol. The van der Waals surface area contributed by atoms with Crippen LogP contribution in [0.5, 0.6) is 0 Å². The number of pyridine rings is 1. The van der Waals surface area contributed by atoms with Gasteiger partial charge in [0.25, 0.3) is 0 Å². The Labute approximate surface area is 234 Å². The summed E-state index contributed by atoms with van der Waals surface area (Å²) >= 11 is 0. The van der Waals surface area contributed by atoms with Gasteiger partial charge in [0.2, 0.25) is 0 Å². The van der Waals surface area contributed by atoms with E-state index in [9.17, 15) is 13.6 Å². The maximum Gasteiger partial charge on any atom is 0.184 e. The topological polar surface area (TPSA) is 85.8 Å². The van der Waals surface area contributed by atoms with Crippen LogP contribution in [0.1, 0.15) is 105 Å². The van der Waals surface area contributed by atoms with E-state index < -0.39 is 11.6 Å². The number of carbonyl (C=O) groups excluding carboxylic acids is 1. The zero-order chi connectivity index (χ0) is 30.2. The Hall–Kier alpha value is -2.87. The van der Waals surface area contributed by atoms with Gasteiger partial charge in [0.15, 0.2) is 11.6 Å². The SMILES string of the molecule is CC.CC.CC(CC=O)Nc1ncccc1C(C)(C)C.CN.Cc1nc2ccc(F)c(F)c2n1C1CCCC1. The molecule has 1 fully saturated rings. The van der Waals surface area contributed by atoms with Gasteiger partial charge in [0, 0.05) is 24.7 Å². The molecule has 2 aromatic heterocycles. The predicted octanol–water partition coefficient (Wildman–Crippen LogP) is 8.13. The first-order valence-corrected chi connectivity index (χ1v) is 14.2. The van der Waals surface area contributed by atoms with Crippen molar-refractivity contribution < 1.29 is 13.6 Å². The molecule has 1 atom stereocenters. The second-order valence-corrected chi connectivity index (χ2v) is 9.79. The van der Waals surface area contributed by atoms with Gasteiger partial charge in [0.1, 0.15) is 23.4 Å². The molecule has 0 spiro atoms. The zero-order valence-corrected chi connectivity index (χ0v) is 25.7. The summed E-state index contributed by atoms with van der Waals surface area (Å²) in [7, 11) is 1.50. The van der Waals surface area contributed by atoms with Crippen LogP contribution in [0.3, 0.4) is 0 Å². The van der Waals surface area contributed by atoms with E-state index in [0.717, 1.165) is 49.7 Å². The summed E-state index contributed by atoms with van der Waals surface area (Å²) in [5.41, 5.74) is 6.60. The molecule has 1 aromatic carbocycles. The number of hydrogen-bond acceptors (Lipinski definition) is 5. The van der Waals surface area contributed by atoms with Crippen molar-refractivity contribution in [3.05, 3.63) is 53.5 Å². The molecule has 3 aromatic rings. The molecule has 0 radical (unpaired) electrons. The summed E-state index contributed by atoms with van der Waals surface area (Å²) < 4.78 is 29.1. The van der Waals surface area contributed by atoms with Crippen LogP contribution in [0.2, 0.25) is 0 Å². The monoisotopic (exact) mass is 547 g/mol.